The maximum Gasteiger partial charge on any atom is 0.234 e. The summed E-state index contributed by atoms with van der Waals surface area (Å²) >= 11 is 0. The number of carbonyl (C=O) groups excluding carboxylic acids is 2. The van der Waals surface area contributed by atoms with Crippen LogP contribution < -0.4 is 0 Å². The lowest BCUT2D eigenvalue weighted by molar-refractivity contribution is -0.129. The van der Waals surface area contributed by atoms with E-state index in [4.69, 9.17) is 0 Å². The summed E-state index contributed by atoms with van der Waals surface area (Å²) in [6.07, 6.45) is 3.11. The summed E-state index contributed by atoms with van der Waals surface area (Å²) in [6, 6.07) is 0. The Labute approximate surface area is 71.6 Å². The molecular formula is C8H12N2O2. The van der Waals surface area contributed by atoms with Gasteiger partial charge < -0.3 is 4.90 Å². The molecule has 1 unspecified atom stereocenters. The molecule has 12 heavy (non-hydrogen) atoms. The van der Waals surface area contributed by atoms with E-state index in [0.717, 1.165) is 0 Å². The van der Waals surface area contributed by atoms with E-state index in [0.29, 0.717) is 6.41 Å². The van der Waals surface area contributed by atoms with Crippen molar-refractivity contribution >= 4 is 18.5 Å². The van der Waals surface area contributed by atoms with Gasteiger partial charge in [-0.2, -0.15) is 0 Å². The van der Waals surface area contributed by atoms with E-state index in [9.17, 15) is 9.59 Å². The molecule has 0 aromatic rings. The minimum Gasteiger partial charge on any atom is -0.322 e. The Hall–Kier alpha value is -1.45. The normalized spacial score (nSPS) is 12.5. The molecule has 0 aliphatic rings. The molecule has 0 aromatic heterocycles. The summed E-state index contributed by atoms with van der Waals surface area (Å²) < 4.78 is 0. The summed E-state index contributed by atoms with van der Waals surface area (Å²) in [5.41, 5.74) is 0. The average Bonchev–Trinajstić information content (AvgIpc) is 2.11. The van der Waals surface area contributed by atoms with E-state index in [-0.39, 0.29) is 5.91 Å². The van der Waals surface area contributed by atoms with Gasteiger partial charge in [-0.05, 0) is 13.1 Å². The topological polar surface area (TPSA) is 49.7 Å². The van der Waals surface area contributed by atoms with Crippen molar-refractivity contribution in [1.82, 2.24) is 4.90 Å². The van der Waals surface area contributed by atoms with Gasteiger partial charge >= 0.3 is 0 Å². The van der Waals surface area contributed by atoms with E-state index in [1.807, 2.05) is 0 Å². The second kappa shape index (κ2) is 5.23. The molecule has 0 aromatic carbocycles. The number of rotatable bonds is 4. The van der Waals surface area contributed by atoms with Crippen molar-refractivity contribution in [3.63, 3.8) is 0 Å². The Morgan fingerprint density at radius 1 is 1.67 bits per heavy atom. The molecule has 0 radical (unpaired) electrons. The maximum atomic E-state index is 11.2. The van der Waals surface area contributed by atoms with Gasteiger partial charge in [-0.1, -0.05) is 6.58 Å². The van der Waals surface area contributed by atoms with Gasteiger partial charge in [0.2, 0.25) is 12.3 Å². The largest absolute Gasteiger partial charge is 0.322 e. The van der Waals surface area contributed by atoms with E-state index >= 15 is 0 Å². The van der Waals surface area contributed by atoms with Crippen LogP contribution in [0.1, 0.15) is 6.92 Å². The molecule has 0 heterocycles. The van der Waals surface area contributed by atoms with Crippen LogP contribution in [0.15, 0.2) is 17.8 Å². The molecule has 4 nitrogen and oxygen atoms in total. The first-order valence-corrected chi connectivity index (χ1v) is 3.49. The van der Waals surface area contributed by atoms with Crippen LogP contribution in [0.2, 0.25) is 0 Å². The standard InChI is InChI=1S/C8H12N2O2/c1-4-10(3)8(12)7(2)5-9-6-11/h4-7H,1H2,2-3H3/b9-5-. The zero-order valence-corrected chi connectivity index (χ0v) is 7.23. The number of hydrogen-bond donors (Lipinski definition) is 0. The van der Waals surface area contributed by atoms with E-state index in [2.05, 4.69) is 11.6 Å². The number of amides is 2. The van der Waals surface area contributed by atoms with Crippen molar-refractivity contribution in [2.24, 2.45) is 10.9 Å². The average molecular weight is 168 g/mol. The van der Waals surface area contributed by atoms with Gasteiger partial charge in [-0.15, -0.1) is 0 Å². The molecule has 0 rings (SSSR count). The lowest BCUT2D eigenvalue weighted by Crippen LogP contribution is -2.27. The first-order valence-electron chi connectivity index (χ1n) is 3.49. The van der Waals surface area contributed by atoms with Gasteiger partial charge in [-0.3, -0.25) is 9.59 Å². The highest BCUT2D eigenvalue weighted by Crippen LogP contribution is 1.97. The van der Waals surface area contributed by atoms with E-state index in [1.54, 1.807) is 14.0 Å². The molecule has 0 aliphatic heterocycles. The highest BCUT2D eigenvalue weighted by Gasteiger charge is 2.12. The fraction of sp³-hybridized carbons (Fsp3) is 0.375. The zero-order chi connectivity index (χ0) is 9.56. The molecule has 2 amide bonds. The fourth-order valence-corrected chi connectivity index (χ4v) is 0.639. The number of aliphatic imine (C=N–C) groups is 1. The monoisotopic (exact) mass is 168 g/mol. The Bertz CT molecular complexity index is 211. The van der Waals surface area contributed by atoms with Gasteiger partial charge in [0.25, 0.3) is 0 Å². The summed E-state index contributed by atoms with van der Waals surface area (Å²) in [5, 5.41) is 0. The molecule has 0 aliphatic carbocycles. The molecule has 0 spiro atoms. The third kappa shape index (κ3) is 3.09. The van der Waals surface area contributed by atoms with Crippen molar-refractivity contribution < 1.29 is 9.59 Å². The van der Waals surface area contributed by atoms with Crippen molar-refractivity contribution in [3.8, 4) is 0 Å². The molecule has 0 bridgehead atoms. The number of carbonyl (C=O) groups is 2. The molecule has 4 heteroatoms. The molecule has 0 saturated heterocycles. The van der Waals surface area contributed by atoms with Crippen molar-refractivity contribution in [1.29, 1.82) is 0 Å². The van der Waals surface area contributed by atoms with Gasteiger partial charge in [0.05, 0.1) is 5.92 Å². The van der Waals surface area contributed by atoms with Gasteiger partial charge in [0, 0.05) is 13.3 Å². The second-order valence-corrected chi connectivity index (χ2v) is 2.32. The smallest absolute Gasteiger partial charge is 0.234 e. The lowest BCUT2D eigenvalue weighted by atomic mass is 10.2. The molecule has 0 N–H and O–H groups in total. The lowest BCUT2D eigenvalue weighted by Gasteiger charge is -2.13. The molecule has 66 valence electrons. The predicted molar refractivity (Wildman–Crippen MR) is 46.7 cm³/mol. The summed E-state index contributed by atoms with van der Waals surface area (Å²) in [6.45, 7) is 5.10. The summed E-state index contributed by atoms with van der Waals surface area (Å²) in [4.78, 5) is 25.7. The van der Waals surface area contributed by atoms with Crippen molar-refractivity contribution in [2.75, 3.05) is 7.05 Å². The van der Waals surface area contributed by atoms with Crippen LogP contribution in [0.5, 0.6) is 0 Å². The maximum absolute atomic E-state index is 11.2. The number of hydrogen-bond acceptors (Lipinski definition) is 2. The van der Waals surface area contributed by atoms with Gasteiger partial charge in [-0.25, -0.2) is 4.99 Å². The third-order valence-electron chi connectivity index (χ3n) is 1.38. The summed E-state index contributed by atoms with van der Waals surface area (Å²) in [5.74, 6) is -0.534. The highest BCUT2D eigenvalue weighted by molar-refractivity contribution is 5.94. The molecule has 0 saturated carbocycles. The van der Waals surface area contributed by atoms with Crippen molar-refractivity contribution in [2.45, 2.75) is 6.92 Å². The Balaban J connectivity index is 4.18. The summed E-state index contributed by atoms with van der Waals surface area (Å²) in [7, 11) is 1.60. The van der Waals surface area contributed by atoms with Crippen LogP contribution in [0.25, 0.3) is 0 Å². The molecule has 0 fully saturated rings. The van der Waals surface area contributed by atoms with Crippen LogP contribution in [0.3, 0.4) is 0 Å². The SMILES string of the molecule is C=CN(C)C(=O)C(C)/C=N\C=O. The quantitative estimate of drug-likeness (QED) is 0.452. The predicted octanol–water partition coefficient (Wildman–Crippen LogP) is 0.452. The minimum absolute atomic E-state index is 0.143. The number of nitrogens with zero attached hydrogens (tertiary/aromatic N) is 2. The second-order valence-electron chi connectivity index (χ2n) is 2.32. The van der Waals surface area contributed by atoms with Gasteiger partial charge in [0.15, 0.2) is 0 Å². The molecular weight excluding hydrogens is 156 g/mol. The Kier molecular flexibility index (Phi) is 4.60. The Morgan fingerprint density at radius 2 is 2.25 bits per heavy atom. The zero-order valence-electron chi connectivity index (χ0n) is 7.23. The first-order chi connectivity index (χ1) is 5.63. The third-order valence-corrected chi connectivity index (χ3v) is 1.38. The Morgan fingerprint density at radius 3 is 2.67 bits per heavy atom. The van der Waals surface area contributed by atoms with Crippen molar-refractivity contribution in [3.05, 3.63) is 12.8 Å². The molecule has 1 atom stereocenters. The van der Waals surface area contributed by atoms with Crippen LogP contribution in [0, 0.1) is 5.92 Å². The van der Waals surface area contributed by atoms with Crippen LogP contribution in [-0.4, -0.2) is 30.5 Å². The highest BCUT2D eigenvalue weighted by atomic mass is 16.2. The van der Waals surface area contributed by atoms with Gasteiger partial charge in [0.1, 0.15) is 0 Å². The van der Waals surface area contributed by atoms with Crippen LogP contribution in [0.4, 0.5) is 0 Å². The first kappa shape index (κ1) is 10.6. The minimum atomic E-state index is -0.391. The van der Waals surface area contributed by atoms with E-state index < -0.39 is 5.92 Å². The van der Waals surface area contributed by atoms with E-state index in [1.165, 1.54) is 17.3 Å². The fourth-order valence-electron chi connectivity index (χ4n) is 0.639. The van der Waals surface area contributed by atoms with Crippen LogP contribution in [-0.2, 0) is 9.59 Å². The van der Waals surface area contributed by atoms with Crippen LogP contribution >= 0.6 is 0 Å².